The first kappa shape index (κ1) is 9.90. The van der Waals surface area contributed by atoms with Crippen LogP contribution < -0.4 is 5.32 Å². The van der Waals surface area contributed by atoms with E-state index in [4.69, 9.17) is 0 Å². The van der Waals surface area contributed by atoms with Crippen LogP contribution in [-0.4, -0.2) is 27.3 Å². The van der Waals surface area contributed by atoms with E-state index in [1.165, 1.54) is 17.1 Å². The molecule has 1 aliphatic rings. The van der Waals surface area contributed by atoms with Crippen molar-refractivity contribution in [1.29, 1.82) is 0 Å². The lowest BCUT2D eigenvalue weighted by atomic mass is 10.3. The smallest absolute Gasteiger partial charge is 0.151 e. The number of aromatic nitrogens is 2. The van der Waals surface area contributed by atoms with Gasteiger partial charge in [0, 0.05) is 35.3 Å². The number of hydrogen-bond acceptors (Lipinski definition) is 3. The molecule has 1 fully saturated rings. The van der Waals surface area contributed by atoms with Crippen molar-refractivity contribution in [1.82, 2.24) is 9.78 Å². The van der Waals surface area contributed by atoms with Gasteiger partial charge < -0.3 is 5.32 Å². The van der Waals surface area contributed by atoms with Crippen LogP contribution in [0.25, 0.3) is 0 Å². The van der Waals surface area contributed by atoms with Gasteiger partial charge in [0.05, 0.1) is 0 Å². The van der Waals surface area contributed by atoms with Crippen LogP contribution in [0.1, 0.15) is 25.5 Å². The van der Waals surface area contributed by atoms with E-state index in [0.717, 1.165) is 5.82 Å². The minimum absolute atomic E-state index is 0.444. The van der Waals surface area contributed by atoms with Crippen LogP contribution in [0.2, 0.25) is 0 Å². The van der Waals surface area contributed by atoms with Crippen LogP contribution in [-0.2, 0) is 0 Å². The third kappa shape index (κ3) is 1.90. The van der Waals surface area contributed by atoms with Crippen molar-refractivity contribution < 1.29 is 0 Å². The maximum atomic E-state index is 4.53. The highest BCUT2D eigenvalue weighted by Gasteiger charge is 2.19. The topological polar surface area (TPSA) is 29.9 Å². The van der Waals surface area contributed by atoms with Crippen LogP contribution in [0.3, 0.4) is 0 Å². The highest BCUT2D eigenvalue weighted by atomic mass is 32.2. The highest BCUT2D eigenvalue weighted by molar-refractivity contribution is 8.00. The Balaban J connectivity index is 2.08. The van der Waals surface area contributed by atoms with Gasteiger partial charge in [-0.2, -0.15) is 16.9 Å². The Morgan fingerprint density at radius 3 is 2.71 bits per heavy atom. The molecule has 4 heteroatoms. The molecule has 0 aromatic carbocycles. The van der Waals surface area contributed by atoms with Crippen LogP contribution >= 0.6 is 11.8 Å². The van der Waals surface area contributed by atoms with Gasteiger partial charge in [0.25, 0.3) is 0 Å². The maximum Gasteiger partial charge on any atom is 0.151 e. The lowest BCUT2D eigenvalue weighted by Gasteiger charge is -2.26. The van der Waals surface area contributed by atoms with Gasteiger partial charge in [0.1, 0.15) is 0 Å². The number of anilines is 1. The van der Waals surface area contributed by atoms with Gasteiger partial charge in [-0.25, -0.2) is 0 Å². The monoisotopic (exact) mass is 211 g/mol. The Morgan fingerprint density at radius 1 is 1.57 bits per heavy atom. The Morgan fingerprint density at radius 2 is 2.29 bits per heavy atom. The second-order valence-electron chi connectivity index (χ2n) is 4.11. The van der Waals surface area contributed by atoms with Crippen molar-refractivity contribution in [3.8, 4) is 0 Å². The number of thioether (sulfide) groups is 1. The summed E-state index contributed by atoms with van der Waals surface area (Å²) in [6, 6.07) is 1.08. The lowest BCUT2D eigenvalue weighted by Crippen LogP contribution is -2.33. The molecular weight excluding hydrogens is 194 g/mol. The summed E-state index contributed by atoms with van der Waals surface area (Å²) >= 11 is 1.99. The highest BCUT2D eigenvalue weighted by Crippen LogP contribution is 2.23. The number of nitrogens with one attached hydrogen (secondary N) is 1. The Bertz CT molecular complexity index is 315. The van der Waals surface area contributed by atoms with Gasteiger partial charge in [-0.3, -0.25) is 4.68 Å². The second kappa shape index (κ2) is 3.85. The van der Waals surface area contributed by atoms with Crippen molar-refractivity contribution >= 4 is 17.6 Å². The number of nitrogens with zero attached hydrogens (tertiary/aromatic N) is 2. The van der Waals surface area contributed by atoms with Crippen LogP contribution in [0.15, 0.2) is 6.20 Å². The fourth-order valence-electron chi connectivity index (χ4n) is 1.40. The summed E-state index contributed by atoms with van der Waals surface area (Å²) in [6.07, 6.45) is 2.11. The largest absolute Gasteiger partial charge is 0.364 e. The van der Waals surface area contributed by atoms with Crippen molar-refractivity contribution in [2.45, 2.75) is 32.9 Å². The molecule has 2 rings (SSSR count). The normalized spacial score (nSPS) is 17.1. The standard InChI is InChI=1S/C10H17N3S/c1-7(2)13-4-8(3)10(12-13)11-9-5-14-6-9/h4,7,9H,5-6H2,1-3H3,(H,11,12). The van der Waals surface area contributed by atoms with Crippen LogP contribution in [0.5, 0.6) is 0 Å². The van der Waals surface area contributed by atoms with E-state index in [-0.39, 0.29) is 0 Å². The summed E-state index contributed by atoms with van der Waals surface area (Å²) < 4.78 is 2.02. The summed E-state index contributed by atoms with van der Waals surface area (Å²) in [5.74, 6) is 3.49. The molecule has 2 heterocycles. The van der Waals surface area contributed by atoms with Gasteiger partial charge in [0.15, 0.2) is 5.82 Å². The predicted molar refractivity (Wildman–Crippen MR) is 62.1 cm³/mol. The molecule has 14 heavy (non-hydrogen) atoms. The first-order valence-electron chi connectivity index (χ1n) is 5.07. The molecule has 1 N–H and O–H groups in total. The Hall–Kier alpha value is -0.640. The fraction of sp³-hybridized carbons (Fsp3) is 0.700. The predicted octanol–water partition coefficient (Wildman–Crippen LogP) is 2.30. The zero-order chi connectivity index (χ0) is 10.1. The maximum absolute atomic E-state index is 4.53. The molecule has 0 aliphatic carbocycles. The molecule has 0 radical (unpaired) electrons. The summed E-state index contributed by atoms with van der Waals surface area (Å²) in [5.41, 5.74) is 1.25. The SMILES string of the molecule is Cc1cn(C(C)C)nc1NC1CSC1. The zero-order valence-corrected chi connectivity index (χ0v) is 9.77. The quantitative estimate of drug-likeness (QED) is 0.832. The third-order valence-corrected chi connectivity index (χ3v) is 3.70. The molecule has 0 atom stereocenters. The molecule has 1 aromatic rings. The molecular formula is C10H17N3S. The number of hydrogen-bond donors (Lipinski definition) is 1. The van der Waals surface area contributed by atoms with Gasteiger partial charge in [-0.15, -0.1) is 0 Å². The summed E-state index contributed by atoms with van der Waals surface area (Å²) in [6.45, 7) is 6.41. The summed E-state index contributed by atoms with van der Waals surface area (Å²) in [7, 11) is 0. The van der Waals surface area contributed by atoms with Crippen molar-refractivity contribution in [3.63, 3.8) is 0 Å². The minimum atomic E-state index is 0.444. The van der Waals surface area contributed by atoms with Gasteiger partial charge >= 0.3 is 0 Å². The van der Waals surface area contributed by atoms with Crippen LogP contribution in [0.4, 0.5) is 5.82 Å². The molecule has 0 spiro atoms. The van der Waals surface area contributed by atoms with Crippen LogP contribution in [0, 0.1) is 6.92 Å². The molecule has 1 aliphatic heterocycles. The molecule has 1 aromatic heterocycles. The average molecular weight is 211 g/mol. The van der Waals surface area contributed by atoms with Gasteiger partial charge in [-0.1, -0.05) is 0 Å². The van der Waals surface area contributed by atoms with Crippen molar-refractivity contribution in [2.75, 3.05) is 16.8 Å². The van der Waals surface area contributed by atoms with E-state index in [1.54, 1.807) is 0 Å². The van der Waals surface area contributed by atoms with E-state index in [2.05, 4.69) is 37.4 Å². The summed E-state index contributed by atoms with van der Waals surface area (Å²) in [4.78, 5) is 0. The Kier molecular flexibility index (Phi) is 2.72. The molecule has 0 unspecified atom stereocenters. The van der Waals surface area contributed by atoms with Gasteiger partial charge in [-0.05, 0) is 20.8 Å². The van der Waals surface area contributed by atoms with E-state index in [1.807, 2.05) is 16.4 Å². The molecule has 0 bridgehead atoms. The van der Waals surface area contributed by atoms with E-state index in [9.17, 15) is 0 Å². The first-order chi connectivity index (χ1) is 6.66. The minimum Gasteiger partial charge on any atom is -0.364 e. The molecule has 78 valence electrons. The van der Waals surface area contributed by atoms with E-state index in [0.29, 0.717) is 12.1 Å². The van der Waals surface area contributed by atoms with Crippen molar-refractivity contribution in [3.05, 3.63) is 11.8 Å². The van der Waals surface area contributed by atoms with Crippen molar-refractivity contribution in [2.24, 2.45) is 0 Å². The zero-order valence-electron chi connectivity index (χ0n) is 8.95. The molecule has 0 amide bonds. The van der Waals surface area contributed by atoms with E-state index >= 15 is 0 Å². The third-order valence-electron chi connectivity index (χ3n) is 2.42. The number of rotatable bonds is 3. The molecule has 3 nitrogen and oxygen atoms in total. The second-order valence-corrected chi connectivity index (χ2v) is 5.19. The summed E-state index contributed by atoms with van der Waals surface area (Å²) in [5, 5.41) is 8.00. The first-order valence-corrected chi connectivity index (χ1v) is 6.22. The van der Waals surface area contributed by atoms with E-state index < -0.39 is 0 Å². The number of aryl methyl sites for hydroxylation is 1. The fourth-order valence-corrected chi connectivity index (χ4v) is 2.04. The Labute approximate surface area is 89.3 Å². The van der Waals surface area contributed by atoms with Gasteiger partial charge in [0.2, 0.25) is 0 Å². The molecule has 0 saturated carbocycles. The molecule has 1 saturated heterocycles. The average Bonchev–Trinajstić information content (AvgIpc) is 2.40. The lowest BCUT2D eigenvalue weighted by molar-refractivity contribution is 0.533.